The maximum Gasteiger partial charge on any atom is 0.905 e. The molecule has 0 radical (unpaired) electrons. The van der Waals surface area contributed by atoms with Gasteiger partial charge in [0, 0.05) is 27.4 Å². The van der Waals surface area contributed by atoms with Crippen LogP contribution in [-0.2, 0) is 20.8 Å². The Morgan fingerprint density at radius 2 is 1.87 bits per heavy atom. The van der Waals surface area contributed by atoms with Crippen molar-refractivity contribution in [2.45, 2.75) is 18.9 Å². The largest absolute Gasteiger partial charge is 0.905 e. The normalized spacial score (nSPS) is 19.2. The number of hydrogen-bond acceptors (Lipinski definition) is 5. The number of unbranched alkanes of at least 4 members (excludes halogenated alkanes) is 1. The molecular formula is C9H19AlO5. The molecule has 0 aliphatic carbocycles. The number of epoxide rings is 1. The van der Waals surface area contributed by atoms with E-state index in [1.807, 2.05) is 0 Å². The summed E-state index contributed by atoms with van der Waals surface area (Å²) in [6, 6.07) is 0. The molecule has 1 saturated heterocycles. The fourth-order valence-corrected chi connectivity index (χ4v) is 1.92. The van der Waals surface area contributed by atoms with Crippen LogP contribution in [0.1, 0.15) is 12.8 Å². The molecule has 0 bridgehead atoms. The Labute approximate surface area is 96.0 Å². The molecule has 0 saturated carbocycles. The molecule has 5 nitrogen and oxygen atoms in total. The third-order valence-corrected chi connectivity index (χ3v) is 3.31. The van der Waals surface area contributed by atoms with Gasteiger partial charge in [-0.2, -0.15) is 0 Å². The zero-order chi connectivity index (χ0) is 10.9. The minimum absolute atomic E-state index is 0.361. The molecule has 0 amide bonds. The molecule has 1 fully saturated rings. The molecule has 6 heteroatoms. The average Bonchev–Trinajstić information content (AvgIpc) is 3.06. The summed E-state index contributed by atoms with van der Waals surface area (Å²) in [5, 5.41) is 0. The summed E-state index contributed by atoms with van der Waals surface area (Å²) in [4.78, 5) is 0. The Morgan fingerprint density at radius 1 is 1.20 bits per heavy atom. The van der Waals surface area contributed by atoms with Crippen LogP contribution in [0.3, 0.4) is 0 Å². The highest BCUT2D eigenvalue weighted by Crippen LogP contribution is 2.08. The Hall–Kier alpha value is 0.332. The van der Waals surface area contributed by atoms with Gasteiger partial charge in [-0.3, -0.25) is 0 Å². The van der Waals surface area contributed by atoms with Crippen LogP contribution in [0.4, 0.5) is 0 Å². The second-order valence-corrected chi connectivity index (χ2v) is 5.22. The first kappa shape index (κ1) is 13.4. The van der Waals surface area contributed by atoms with Gasteiger partial charge in [0.25, 0.3) is 0 Å². The summed E-state index contributed by atoms with van der Waals surface area (Å²) in [6.07, 6.45) is 2.34. The van der Waals surface area contributed by atoms with E-state index in [0.29, 0.717) is 12.7 Å². The van der Waals surface area contributed by atoms with Gasteiger partial charge in [0.15, 0.2) is 0 Å². The second-order valence-electron chi connectivity index (χ2n) is 3.37. The van der Waals surface area contributed by atoms with Gasteiger partial charge >= 0.3 is 15.1 Å². The van der Waals surface area contributed by atoms with E-state index in [4.69, 9.17) is 20.8 Å². The molecule has 0 N–H and O–H groups in total. The highest BCUT2D eigenvalue weighted by Gasteiger charge is 2.26. The van der Waals surface area contributed by atoms with Crippen molar-refractivity contribution in [3.8, 4) is 0 Å². The zero-order valence-corrected chi connectivity index (χ0v) is 10.6. The van der Waals surface area contributed by atoms with Gasteiger partial charge in [-0.1, -0.05) is 0 Å². The van der Waals surface area contributed by atoms with E-state index in [9.17, 15) is 0 Å². The number of hydrogen-bond donors (Lipinski definition) is 0. The van der Waals surface area contributed by atoms with Crippen LogP contribution in [0.25, 0.3) is 0 Å². The van der Waals surface area contributed by atoms with E-state index >= 15 is 0 Å². The van der Waals surface area contributed by atoms with Crippen LogP contribution in [0, 0.1) is 0 Å². The lowest BCUT2D eigenvalue weighted by atomic mass is 10.3. The standard InChI is InChI=1S/C7H13O3.2CH3O.Al/c8-3-1-2-4-9-5-7-6-10-7;2*1-2;/h7H,1-6H2;2*1H3;/q3*-1;+3. The highest BCUT2D eigenvalue weighted by atomic mass is 27.3. The molecule has 1 unspecified atom stereocenters. The molecule has 1 aliphatic rings. The number of rotatable bonds is 10. The molecule has 1 aliphatic heterocycles. The maximum absolute atomic E-state index is 5.39. The zero-order valence-electron chi connectivity index (χ0n) is 9.44. The Balaban J connectivity index is 1.75. The lowest BCUT2D eigenvalue weighted by Gasteiger charge is -2.07. The number of ether oxygens (including phenoxy) is 2. The van der Waals surface area contributed by atoms with Crippen molar-refractivity contribution in [2.75, 3.05) is 40.6 Å². The van der Waals surface area contributed by atoms with Crippen LogP contribution >= 0.6 is 0 Å². The Bertz CT molecular complexity index is 149. The predicted molar refractivity (Wildman–Crippen MR) is 55.5 cm³/mol. The first-order chi connectivity index (χ1) is 7.36. The molecular weight excluding hydrogens is 215 g/mol. The van der Waals surface area contributed by atoms with E-state index < -0.39 is 15.1 Å². The van der Waals surface area contributed by atoms with Crippen molar-refractivity contribution in [3.05, 3.63) is 0 Å². The lowest BCUT2D eigenvalue weighted by Crippen LogP contribution is -2.24. The third kappa shape index (κ3) is 7.26. The van der Waals surface area contributed by atoms with Crippen LogP contribution in [-0.4, -0.2) is 61.9 Å². The van der Waals surface area contributed by atoms with E-state index in [1.54, 1.807) is 14.2 Å². The minimum Gasteiger partial charge on any atom is -0.457 e. The molecule has 0 spiro atoms. The van der Waals surface area contributed by atoms with Crippen molar-refractivity contribution < 1.29 is 20.8 Å². The van der Waals surface area contributed by atoms with Gasteiger partial charge in [-0.15, -0.1) is 0 Å². The minimum atomic E-state index is -1.82. The van der Waals surface area contributed by atoms with Crippen molar-refractivity contribution in [2.24, 2.45) is 0 Å². The molecule has 15 heavy (non-hydrogen) atoms. The van der Waals surface area contributed by atoms with E-state index in [0.717, 1.165) is 32.7 Å². The monoisotopic (exact) mass is 234 g/mol. The summed E-state index contributed by atoms with van der Waals surface area (Å²) >= 11 is -1.82. The van der Waals surface area contributed by atoms with Crippen molar-refractivity contribution >= 4 is 15.1 Å². The van der Waals surface area contributed by atoms with E-state index in [2.05, 4.69) is 0 Å². The first-order valence-corrected chi connectivity index (χ1v) is 6.64. The topological polar surface area (TPSA) is 49.5 Å². The fraction of sp³-hybridized carbons (Fsp3) is 1.00. The fourth-order valence-electron chi connectivity index (χ4n) is 1.10. The average molecular weight is 234 g/mol. The Morgan fingerprint density at radius 3 is 2.47 bits per heavy atom. The Kier molecular flexibility index (Phi) is 7.57. The molecule has 1 atom stereocenters. The lowest BCUT2D eigenvalue weighted by molar-refractivity contribution is 0.101. The summed E-state index contributed by atoms with van der Waals surface area (Å²) < 4.78 is 25.8. The molecule has 0 aromatic carbocycles. The van der Waals surface area contributed by atoms with Gasteiger partial charge in [-0.05, 0) is 12.8 Å². The van der Waals surface area contributed by atoms with Gasteiger partial charge in [-0.25, -0.2) is 0 Å². The van der Waals surface area contributed by atoms with Crippen LogP contribution in [0.5, 0.6) is 0 Å². The van der Waals surface area contributed by atoms with E-state index in [-0.39, 0.29) is 0 Å². The van der Waals surface area contributed by atoms with Gasteiger partial charge in [0.2, 0.25) is 0 Å². The summed E-state index contributed by atoms with van der Waals surface area (Å²) in [5.74, 6) is 0. The van der Waals surface area contributed by atoms with E-state index in [1.165, 1.54) is 0 Å². The van der Waals surface area contributed by atoms with Crippen molar-refractivity contribution in [3.63, 3.8) is 0 Å². The molecule has 0 aromatic heterocycles. The van der Waals surface area contributed by atoms with Crippen molar-refractivity contribution in [1.82, 2.24) is 0 Å². The molecule has 0 aromatic rings. The maximum atomic E-state index is 5.39. The summed E-state index contributed by atoms with van der Waals surface area (Å²) in [7, 11) is 3.22. The summed E-state index contributed by atoms with van der Waals surface area (Å²) in [6.45, 7) is 3.05. The van der Waals surface area contributed by atoms with Gasteiger partial charge in [0.05, 0.1) is 13.2 Å². The first-order valence-electron chi connectivity index (χ1n) is 5.23. The molecule has 1 heterocycles. The van der Waals surface area contributed by atoms with Gasteiger partial charge < -0.3 is 20.8 Å². The molecule has 1 rings (SSSR count). The predicted octanol–water partition coefficient (Wildman–Crippen LogP) is 0.476. The van der Waals surface area contributed by atoms with Crippen LogP contribution in [0.15, 0.2) is 0 Å². The smallest absolute Gasteiger partial charge is 0.457 e. The second kappa shape index (κ2) is 8.48. The van der Waals surface area contributed by atoms with Crippen molar-refractivity contribution in [1.29, 1.82) is 0 Å². The van der Waals surface area contributed by atoms with Crippen LogP contribution < -0.4 is 0 Å². The SMILES string of the molecule is C[O][Al]([O]C)[O]CCCCOCC1CO1. The van der Waals surface area contributed by atoms with Gasteiger partial charge in [0.1, 0.15) is 6.10 Å². The third-order valence-electron chi connectivity index (χ3n) is 2.03. The quantitative estimate of drug-likeness (QED) is 0.312. The molecule has 88 valence electrons. The van der Waals surface area contributed by atoms with Crippen LogP contribution in [0.2, 0.25) is 0 Å². The highest BCUT2D eigenvalue weighted by molar-refractivity contribution is 6.36. The summed E-state index contributed by atoms with van der Waals surface area (Å²) in [5.41, 5.74) is 0.